The maximum absolute atomic E-state index is 12.6. The van der Waals surface area contributed by atoms with Crippen LogP contribution in [-0.2, 0) is 13.0 Å². The fraction of sp³-hybridized carbons (Fsp3) is 0.125. The minimum atomic E-state index is -0.251. The summed E-state index contributed by atoms with van der Waals surface area (Å²) in [7, 11) is 0. The molecule has 0 saturated heterocycles. The van der Waals surface area contributed by atoms with Crippen LogP contribution in [-0.4, -0.2) is 21.7 Å². The number of aromatic nitrogens is 1. The van der Waals surface area contributed by atoms with Crippen LogP contribution in [0.2, 0.25) is 0 Å². The number of fused-ring (bicyclic) bond motifs is 2. The second-order valence-corrected chi connectivity index (χ2v) is 7.12. The van der Waals surface area contributed by atoms with Crippen molar-refractivity contribution in [2.24, 2.45) is 0 Å². The quantitative estimate of drug-likeness (QED) is 0.647. The summed E-state index contributed by atoms with van der Waals surface area (Å²) >= 11 is 0. The van der Waals surface area contributed by atoms with Gasteiger partial charge in [-0.05, 0) is 59.9 Å². The van der Waals surface area contributed by atoms with Crippen LogP contribution in [0.15, 0.2) is 66.7 Å². The molecule has 28 heavy (non-hydrogen) atoms. The van der Waals surface area contributed by atoms with Crippen LogP contribution in [0, 0.1) is 0 Å². The molecular formula is C24H18N2O2. The summed E-state index contributed by atoms with van der Waals surface area (Å²) in [6, 6.07) is 21.1. The summed E-state index contributed by atoms with van der Waals surface area (Å²) in [5.41, 5.74) is 6.33. The van der Waals surface area contributed by atoms with Gasteiger partial charge in [0, 0.05) is 0 Å². The van der Waals surface area contributed by atoms with Crippen LogP contribution in [0.25, 0.3) is 11.6 Å². The van der Waals surface area contributed by atoms with E-state index in [1.807, 2.05) is 24.3 Å². The minimum Gasteiger partial charge on any atom is -0.269 e. The summed E-state index contributed by atoms with van der Waals surface area (Å²) in [6.45, 7) is 0.185. The third-order valence-corrected chi connectivity index (χ3v) is 5.38. The van der Waals surface area contributed by atoms with Crippen molar-refractivity contribution in [3.05, 3.63) is 100 Å². The van der Waals surface area contributed by atoms with E-state index < -0.39 is 0 Å². The summed E-state index contributed by atoms with van der Waals surface area (Å²) in [5, 5.41) is 0. The Bertz CT molecular complexity index is 1110. The summed E-state index contributed by atoms with van der Waals surface area (Å²) < 4.78 is 0. The number of rotatable bonds is 3. The first kappa shape index (κ1) is 16.6. The van der Waals surface area contributed by atoms with Crippen LogP contribution >= 0.6 is 0 Å². The largest absolute Gasteiger partial charge is 0.269 e. The van der Waals surface area contributed by atoms with Gasteiger partial charge in [0.25, 0.3) is 11.8 Å². The highest BCUT2D eigenvalue weighted by atomic mass is 16.2. The van der Waals surface area contributed by atoms with Gasteiger partial charge in [-0.2, -0.15) is 0 Å². The number of aryl methyl sites for hydroxylation is 1. The van der Waals surface area contributed by atoms with Crippen LogP contribution in [0.4, 0.5) is 0 Å². The van der Waals surface area contributed by atoms with Crippen molar-refractivity contribution in [2.45, 2.75) is 19.4 Å². The molecular weight excluding hydrogens is 348 g/mol. The van der Waals surface area contributed by atoms with Gasteiger partial charge in [0.05, 0.1) is 29.1 Å². The molecule has 4 heteroatoms. The van der Waals surface area contributed by atoms with E-state index in [0.717, 1.165) is 18.5 Å². The molecule has 3 aromatic rings. The molecule has 0 fully saturated rings. The minimum absolute atomic E-state index is 0.185. The molecule has 0 atom stereocenters. The predicted molar refractivity (Wildman–Crippen MR) is 108 cm³/mol. The summed E-state index contributed by atoms with van der Waals surface area (Å²) in [5.74, 6) is -0.503. The van der Waals surface area contributed by atoms with E-state index in [1.54, 1.807) is 24.3 Å². The molecule has 2 amide bonds. The van der Waals surface area contributed by atoms with Gasteiger partial charge in [-0.25, -0.2) is 0 Å². The van der Waals surface area contributed by atoms with E-state index in [1.165, 1.54) is 21.6 Å². The second kappa shape index (κ2) is 6.57. The molecule has 0 radical (unpaired) electrons. The smallest absolute Gasteiger partial charge is 0.261 e. The van der Waals surface area contributed by atoms with Gasteiger partial charge in [-0.1, -0.05) is 42.5 Å². The molecule has 2 aliphatic rings. The zero-order chi connectivity index (χ0) is 19.1. The Labute approximate surface area is 163 Å². The Morgan fingerprint density at radius 3 is 2.29 bits per heavy atom. The molecule has 2 heterocycles. The summed E-state index contributed by atoms with van der Waals surface area (Å²) in [4.78, 5) is 31.2. The zero-order valence-corrected chi connectivity index (χ0v) is 15.3. The Kier molecular flexibility index (Phi) is 3.90. The van der Waals surface area contributed by atoms with Crippen LogP contribution < -0.4 is 0 Å². The monoisotopic (exact) mass is 366 g/mol. The lowest BCUT2D eigenvalue weighted by Crippen LogP contribution is -2.29. The van der Waals surface area contributed by atoms with Gasteiger partial charge in [-0.15, -0.1) is 0 Å². The normalized spacial score (nSPS) is 15.3. The van der Waals surface area contributed by atoms with E-state index in [9.17, 15) is 9.59 Å². The van der Waals surface area contributed by atoms with Gasteiger partial charge in [0.2, 0.25) is 0 Å². The SMILES string of the molecule is O=C1c2ccccc2C(=O)N1Cc1cccc(C2=Cc3ccccc3CC2)n1. The zero-order valence-electron chi connectivity index (χ0n) is 15.3. The molecule has 1 aromatic heterocycles. The number of benzene rings is 2. The van der Waals surface area contributed by atoms with Gasteiger partial charge in [0.1, 0.15) is 0 Å². The van der Waals surface area contributed by atoms with E-state index in [0.29, 0.717) is 16.8 Å². The lowest BCUT2D eigenvalue weighted by atomic mass is 9.90. The van der Waals surface area contributed by atoms with Crippen molar-refractivity contribution in [1.29, 1.82) is 0 Å². The molecule has 4 nitrogen and oxygen atoms in total. The molecule has 1 aliphatic heterocycles. The van der Waals surface area contributed by atoms with Crippen molar-refractivity contribution in [1.82, 2.24) is 9.88 Å². The number of imide groups is 1. The first-order valence-corrected chi connectivity index (χ1v) is 9.41. The number of carbonyl (C=O) groups is 2. The van der Waals surface area contributed by atoms with Crippen molar-refractivity contribution in [3.8, 4) is 0 Å². The molecule has 0 bridgehead atoms. The number of nitrogens with zero attached hydrogens (tertiary/aromatic N) is 2. The standard InChI is InChI=1S/C24H18N2O2/c27-23-20-9-3-4-10-21(20)24(28)26(23)15-19-8-5-11-22(25-19)18-13-12-16-6-1-2-7-17(16)14-18/h1-11,14H,12-13,15H2. The first-order chi connectivity index (χ1) is 13.7. The van der Waals surface area contributed by atoms with Gasteiger partial charge in [0.15, 0.2) is 0 Å². The highest BCUT2D eigenvalue weighted by Gasteiger charge is 2.35. The molecule has 5 rings (SSSR count). The van der Waals surface area contributed by atoms with Crippen LogP contribution in [0.3, 0.4) is 0 Å². The van der Waals surface area contributed by atoms with Gasteiger partial charge in [-0.3, -0.25) is 19.5 Å². The maximum Gasteiger partial charge on any atom is 0.261 e. The highest BCUT2D eigenvalue weighted by Crippen LogP contribution is 2.30. The van der Waals surface area contributed by atoms with Gasteiger partial charge >= 0.3 is 0 Å². The van der Waals surface area contributed by atoms with Crippen molar-refractivity contribution in [2.75, 3.05) is 0 Å². The Hall–Kier alpha value is -3.53. The average Bonchev–Trinajstić information content (AvgIpc) is 2.99. The Balaban J connectivity index is 1.43. The molecule has 136 valence electrons. The fourth-order valence-electron chi connectivity index (χ4n) is 3.93. The molecule has 0 unspecified atom stereocenters. The topological polar surface area (TPSA) is 50.3 Å². The van der Waals surface area contributed by atoms with E-state index >= 15 is 0 Å². The first-order valence-electron chi connectivity index (χ1n) is 9.41. The van der Waals surface area contributed by atoms with Crippen molar-refractivity contribution >= 4 is 23.5 Å². The molecule has 1 aliphatic carbocycles. The lowest BCUT2D eigenvalue weighted by Gasteiger charge is -2.17. The number of hydrogen-bond acceptors (Lipinski definition) is 3. The average molecular weight is 366 g/mol. The Morgan fingerprint density at radius 1 is 0.786 bits per heavy atom. The molecule has 2 aromatic carbocycles. The fourth-order valence-corrected chi connectivity index (χ4v) is 3.93. The summed E-state index contributed by atoms with van der Waals surface area (Å²) in [6.07, 6.45) is 4.11. The molecule has 0 spiro atoms. The van der Waals surface area contributed by atoms with E-state index in [-0.39, 0.29) is 18.4 Å². The van der Waals surface area contributed by atoms with Gasteiger partial charge < -0.3 is 0 Å². The number of amides is 2. The molecule has 0 N–H and O–H groups in total. The van der Waals surface area contributed by atoms with Crippen LogP contribution in [0.5, 0.6) is 0 Å². The van der Waals surface area contributed by atoms with Crippen molar-refractivity contribution in [3.63, 3.8) is 0 Å². The van der Waals surface area contributed by atoms with Crippen molar-refractivity contribution < 1.29 is 9.59 Å². The van der Waals surface area contributed by atoms with E-state index in [4.69, 9.17) is 4.98 Å². The lowest BCUT2D eigenvalue weighted by molar-refractivity contribution is 0.0640. The Morgan fingerprint density at radius 2 is 1.50 bits per heavy atom. The second-order valence-electron chi connectivity index (χ2n) is 7.12. The van der Waals surface area contributed by atoms with E-state index in [2.05, 4.69) is 24.3 Å². The van der Waals surface area contributed by atoms with Crippen LogP contribution in [0.1, 0.15) is 49.7 Å². The molecule has 0 saturated carbocycles. The third kappa shape index (κ3) is 2.74. The maximum atomic E-state index is 12.6. The number of pyridine rings is 1. The predicted octanol–water partition coefficient (Wildman–Crippen LogP) is 4.36. The number of carbonyl (C=O) groups excluding carboxylic acids is 2. The number of allylic oxidation sites excluding steroid dienone is 1. The number of hydrogen-bond donors (Lipinski definition) is 0. The third-order valence-electron chi connectivity index (χ3n) is 5.38. The highest BCUT2D eigenvalue weighted by molar-refractivity contribution is 6.21.